The van der Waals surface area contributed by atoms with Gasteiger partial charge in [-0.1, -0.05) is 73.6 Å². The molecule has 0 fully saturated rings. The molecular weight excluding hydrogens is 410 g/mol. The maximum Gasteiger partial charge on any atom is 0.257 e. The molecule has 0 saturated carbocycles. The molecule has 7 heteroatoms. The molecule has 2 aromatic carbocycles. The van der Waals surface area contributed by atoms with Gasteiger partial charge < -0.3 is 15.0 Å². The van der Waals surface area contributed by atoms with E-state index >= 15 is 0 Å². The van der Waals surface area contributed by atoms with E-state index in [1.165, 1.54) is 11.8 Å². The molecule has 0 aliphatic carbocycles. The van der Waals surface area contributed by atoms with Crippen LogP contribution in [0.5, 0.6) is 5.75 Å². The van der Waals surface area contributed by atoms with Crippen LogP contribution in [0.25, 0.3) is 0 Å². The topological polar surface area (TPSA) is 84.1 Å². The first-order valence-corrected chi connectivity index (χ1v) is 11.5. The fourth-order valence-corrected chi connectivity index (χ4v) is 4.45. The highest BCUT2D eigenvalue weighted by Gasteiger charge is 2.32. The van der Waals surface area contributed by atoms with Crippen LogP contribution >= 0.6 is 11.8 Å². The lowest BCUT2D eigenvalue weighted by Crippen LogP contribution is -2.31. The van der Waals surface area contributed by atoms with E-state index in [1.807, 2.05) is 54.6 Å². The minimum atomic E-state index is -0.397. The molecule has 1 aromatic heterocycles. The first kappa shape index (κ1) is 21.2. The first-order valence-electron chi connectivity index (χ1n) is 10.5. The number of hydrogen-bond donors (Lipinski definition) is 2. The largest absolute Gasteiger partial charge is 0.493 e. The van der Waals surface area contributed by atoms with Crippen molar-refractivity contribution in [1.82, 2.24) is 9.97 Å². The van der Waals surface area contributed by atoms with Gasteiger partial charge in [-0.3, -0.25) is 9.59 Å². The minimum Gasteiger partial charge on any atom is -0.493 e. The number of anilines is 1. The third-order valence-corrected chi connectivity index (χ3v) is 6.14. The molecule has 0 radical (unpaired) electrons. The van der Waals surface area contributed by atoms with E-state index in [9.17, 15) is 9.59 Å². The Morgan fingerprint density at radius 2 is 1.87 bits per heavy atom. The van der Waals surface area contributed by atoms with Gasteiger partial charge in [-0.15, -0.1) is 0 Å². The van der Waals surface area contributed by atoms with Gasteiger partial charge in [0.2, 0.25) is 5.91 Å². The molecule has 1 atom stereocenters. The third-order valence-electron chi connectivity index (χ3n) is 5.20. The van der Waals surface area contributed by atoms with Crippen LogP contribution in [0.1, 0.15) is 48.8 Å². The number of carbonyl (C=O) groups is 1. The molecule has 3 aromatic rings. The first-order chi connectivity index (χ1) is 15.2. The van der Waals surface area contributed by atoms with Gasteiger partial charge in [0.25, 0.3) is 5.56 Å². The summed E-state index contributed by atoms with van der Waals surface area (Å²) in [7, 11) is 0. The Bertz CT molecular complexity index is 1110. The van der Waals surface area contributed by atoms with E-state index < -0.39 is 5.92 Å². The fourth-order valence-electron chi connectivity index (χ4n) is 3.64. The molecule has 0 saturated heterocycles. The number of para-hydroxylation sites is 1. The van der Waals surface area contributed by atoms with Gasteiger partial charge in [0.05, 0.1) is 12.2 Å². The summed E-state index contributed by atoms with van der Waals surface area (Å²) in [5, 5.41) is 3.27. The van der Waals surface area contributed by atoms with E-state index in [-0.39, 0.29) is 17.9 Å². The molecule has 31 heavy (non-hydrogen) atoms. The Morgan fingerprint density at radius 3 is 2.68 bits per heavy atom. The molecular formula is C24H25N3O3S. The molecule has 2 N–H and O–H groups in total. The number of thioether (sulfide) groups is 1. The minimum absolute atomic E-state index is 0.155. The van der Waals surface area contributed by atoms with Crippen LogP contribution in [0.4, 0.5) is 5.82 Å². The Labute approximate surface area is 185 Å². The monoisotopic (exact) mass is 435 g/mol. The summed E-state index contributed by atoms with van der Waals surface area (Å²) in [4.78, 5) is 33.0. The molecule has 1 amide bonds. The molecule has 0 spiro atoms. The predicted molar refractivity (Wildman–Crippen MR) is 123 cm³/mol. The summed E-state index contributed by atoms with van der Waals surface area (Å²) < 4.78 is 5.96. The van der Waals surface area contributed by atoms with Gasteiger partial charge in [-0.05, 0) is 18.1 Å². The Hall–Kier alpha value is -3.06. The second kappa shape index (κ2) is 9.83. The number of benzene rings is 2. The predicted octanol–water partition coefficient (Wildman–Crippen LogP) is 4.72. The second-order valence-corrected chi connectivity index (χ2v) is 8.42. The van der Waals surface area contributed by atoms with Gasteiger partial charge in [0.15, 0.2) is 5.16 Å². The van der Waals surface area contributed by atoms with Crippen LogP contribution in [0.2, 0.25) is 0 Å². The molecule has 0 bridgehead atoms. The SMILES string of the molecule is CCCCOc1ccccc1[C@@H]1CC(=O)Nc2nc(SCc3ccccc3)[nH]c(=O)c21. The number of hydrogen-bond acceptors (Lipinski definition) is 5. The van der Waals surface area contributed by atoms with Crippen molar-refractivity contribution in [3.63, 3.8) is 0 Å². The number of nitrogens with one attached hydrogen (secondary N) is 2. The Morgan fingerprint density at radius 1 is 1.10 bits per heavy atom. The fraction of sp³-hybridized carbons (Fsp3) is 0.292. The lowest BCUT2D eigenvalue weighted by atomic mass is 9.86. The number of aromatic nitrogens is 2. The van der Waals surface area contributed by atoms with Crippen molar-refractivity contribution in [3.8, 4) is 5.75 Å². The number of ether oxygens (including phenoxy) is 1. The van der Waals surface area contributed by atoms with Crippen molar-refractivity contribution in [2.75, 3.05) is 11.9 Å². The number of H-pyrrole nitrogens is 1. The van der Waals surface area contributed by atoms with Crippen molar-refractivity contribution >= 4 is 23.5 Å². The summed E-state index contributed by atoms with van der Waals surface area (Å²) in [6, 6.07) is 17.6. The van der Waals surface area contributed by atoms with Crippen molar-refractivity contribution in [1.29, 1.82) is 0 Å². The molecule has 160 valence electrons. The number of aromatic amines is 1. The van der Waals surface area contributed by atoms with E-state index in [1.54, 1.807) is 0 Å². The number of rotatable bonds is 8. The molecule has 6 nitrogen and oxygen atoms in total. The van der Waals surface area contributed by atoms with E-state index in [0.29, 0.717) is 34.6 Å². The van der Waals surface area contributed by atoms with Gasteiger partial charge >= 0.3 is 0 Å². The number of unbranched alkanes of at least 4 members (excludes halogenated alkanes) is 1. The smallest absolute Gasteiger partial charge is 0.257 e. The third kappa shape index (κ3) is 4.99. The number of nitrogens with zero attached hydrogens (tertiary/aromatic N) is 1. The van der Waals surface area contributed by atoms with E-state index in [2.05, 4.69) is 22.2 Å². The van der Waals surface area contributed by atoms with Gasteiger partial charge in [-0.2, -0.15) is 0 Å². The number of fused-ring (bicyclic) bond motifs is 1. The highest BCUT2D eigenvalue weighted by atomic mass is 32.2. The van der Waals surface area contributed by atoms with Gasteiger partial charge in [0.1, 0.15) is 11.6 Å². The van der Waals surface area contributed by atoms with E-state index in [4.69, 9.17) is 4.74 Å². The van der Waals surface area contributed by atoms with Gasteiger partial charge in [0, 0.05) is 23.7 Å². The van der Waals surface area contributed by atoms with Crippen LogP contribution in [0.15, 0.2) is 64.5 Å². The summed E-state index contributed by atoms with van der Waals surface area (Å²) in [5.74, 6) is 1.17. The Balaban J connectivity index is 1.64. The highest BCUT2D eigenvalue weighted by molar-refractivity contribution is 7.98. The summed E-state index contributed by atoms with van der Waals surface area (Å²) in [6.45, 7) is 2.71. The van der Waals surface area contributed by atoms with Crippen LogP contribution in [0, 0.1) is 0 Å². The molecule has 0 unspecified atom stereocenters. The van der Waals surface area contributed by atoms with Crippen molar-refractivity contribution < 1.29 is 9.53 Å². The molecule has 2 heterocycles. The standard InChI is InChI=1S/C24H25N3O3S/c1-2-3-13-30-19-12-8-7-11-17(19)18-14-20(28)25-22-21(18)23(29)27-24(26-22)31-15-16-9-5-4-6-10-16/h4-12,18H,2-3,13-15H2,1H3,(H2,25,26,27,28,29)/t18-/m0/s1. The Kier molecular flexibility index (Phi) is 6.72. The number of amides is 1. The van der Waals surface area contributed by atoms with Crippen LogP contribution in [-0.4, -0.2) is 22.5 Å². The maximum atomic E-state index is 13.1. The van der Waals surface area contributed by atoms with Crippen molar-refractivity contribution in [3.05, 3.63) is 81.6 Å². The zero-order valence-electron chi connectivity index (χ0n) is 17.4. The second-order valence-electron chi connectivity index (χ2n) is 7.45. The van der Waals surface area contributed by atoms with Crippen LogP contribution in [-0.2, 0) is 10.5 Å². The summed E-state index contributed by atoms with van der Waals surface area (Å²) in [5.41, 5.74) is 2.23. The van der Waals surface area contributed by atoms with Crippen molar-refractivity contribution in [2.45, 2.75) is 43.0 Å². The highest BCUT2D eigenvalue weighted by Crippen LogP contribution is 2.38. The van der Waals surface area contributed by atoms with Gasteiger partial charge in [-0.25, -0.2) is 4.98 Å². The lowest BCUT2D eigenvalue weighted by Gasteiger charge is -2.26. The summed E-state index contributed by atoms with van der Waals surface area (Å²) >= 11 is 1.43. The zero-order valence-corrected chi connectivity index (χ0v) is 18.2. The van der Waals surface area contributed by atoms with Crippen molar-refractivity contribution in [2.24, 2.45) is 0 Å². The average Bonchev–Trinajstić information content (AvgIpc) is 2.78. The lowest BCUT2D eigenvalue weighted by molar-refractivity contribution is -0.116. The number of carbonyl (C=O) groups excluding carboxylic acids is 1. The molecule has 4 rings (SSSR count). The average molecular weight is 436 g/mol. The van der Waals surface area contributed by atoms with Crippen LogP contribution < -0.4 is 15.6 Å². The summed E-state index contributed by atoms with van der Waals surface area (Å²) in [6.07, 6.45) is 2.16. The maximum absolute atomic E-state index is 13.1. The molecule has 1 aliphatic heterocycles. The van der Waals surface area contributed by atoms with Crippen LogP contribution in [0.3, 0.4) is 0 Å². The molecule has 1 aliphatic rings. The normalized spacial score (nSPS) is 15.3. The zero-order chi connectivity index (χ0) is 21.6. The quantitative estimate of drug-likeness (QED) is 0.304. The van der Waals surface area contributed by atoms with E-state index in [0.717, 1.165) is 24.0 Å².